The van der Waals surface area contributed by atoms with Gasteiger partial charge in [-0.15, -0.1) is 11.8 Å². The summed E-state index contributed by atoms with van der Waals surface area (Å²) in [4.78, 5) is 17.4. The standard InChI is InChI=1S/C15H22N2O2S/c1-16-15(14(18)19-2)8-3-4-12(15)7-11-20-13-5-9-17-10-6-13/h5-6,9-10,12,16H,3-4,7-8,11H2,1-2H3. The van der Waals surface area contributed by atoms with Crippen LogP contribution in [0.25, 0.3) is 0 Å². The van der Waals surface area contributed by atoms with Crippen molar-refractivity contribution in [2.45, 2.75) is 36.1 Å². The molecule has 5 heteroatoms. The third-order valence-corrected chi connectivity index (χ3v) is 5.25. The highest BCUT2D eigenvalue weighted by Gasteiger charge is 2.48. The SMILES string of the molecule is CNC1(C(=O)OC)CCCC1CCSc1ccncc1. The zero-order valence-corrected chi connectivity index (χ0v) is 12.9. The van der Waals surface area contributed by atoms with Gasteiger partial charge in [-0.1, -0.05) is 6.42 Å². The molecule has 1 aliphatic carbocycles. The summed E-state index contributed by atoms with van der Waals surface area (Å²) < 4.78 is 5.01. The van der Waals surface area contributed by atoms with Gasteiger partial charge in [0.05, 0.1) is 7.11 Å². The Bertz CT molecular complexity index is 441. The van der Waals surface area contributed by atoms with E-state index in [4.69, 9.17) is 4.74 Å². The minimum atomic E-state index is -0.479. The van der Waals surface area contributed by atoms with Crippen molar-refractivity contribution < 1.29 is 9.53 Å². The van der Waals surface area contributed by atoms with Gasteiger partial charge in [0.2, 0.25) is 0 Å². The summed E-state index contributed by atoms with van der Waals surface area (Å²) >= 11 is 1.82. The van der Waals surface area contributed by atoms with Crippen molar-refractivity contribution in [3.05, 3.63) is 24.5 Å². The van der Waals surface area contributed by atoms with Crippen molar-refractivity contribution in [3.8, 4) is 0 Å². The van der Waals surface area contributed by atoms with Gasteiger partial charge < -0.3 is 10.1 Å². The van der Waals surface area contributed by atoms with E-state index < -0.39 is 5.54 Å². The zero-order chi connectivity index (χ0) is 14.4. The molecule has 0 aliphatic heterocycles. The van der Waals surface area contributed by atoms with Crippen LogP contribution in [0.2, 0.25) is 0 Å². The molecule has 2 rings (SSSR count). The second kappa shape index (κ2) is 7.09. The number of hydrogen-bond donors (Lipinski definition) is 1. The van der Waals surface area contributed by atoms with Crippen molar-refractivity contribution in [1.82, 2.24) is 10.3 Å². The Morgan fingerprint density at radius 2 is 2.30 bits per heavy atom. The highest BCUT2D eigenvalue weighted by atomic mass is 32.2. The second-order valence-corrected chi connectivity index (χ2v) is 6.29. The number of nitrogens with one attached hydrogen (secondary N) is 1. The van der Waals surface area contributed by atoms with E-state index in [1.165, 1.54) is 12.0 Å². The molecule has 0 saturated heterocycles. The number of nitrogens with zero attached hydrogens (tertiary/aromatic N) is 1. The van der Waals surface area contributed by atoms with Crippen LogP contribution in [0.1, 0.15) is 25.7 Å². The summed E-state index contributed by atoms with van der Waals surface area (Å²) in [6.07, 6.45) is 7.69. The molecule has 1 heterocycles. The number of hydrogen-bond acceptors (Lipinski definition) is 5. The number of thioether (sulfide) groups is 1. The van der Waals surface area contributed by atoms with Crippen LogP contribution in [0.15, 0.2) is 29.4 Å². The molecule has 0 radical (unpaired) electrons. The Kier molecular flexibility index (Phi) is 5.43. The minimum Gasteiger partial charge on any atom is -0.468 e. The van der Waals surface area contributed by atoms with Gasteiger partial charge in [-0.05, 0) is 50.1 Å². The van der Waals surface area contributed by atoms with Crippen molar-refractivity contribution in [2.24, 2.45) is 5.92 Å². The number of aromatic nitrogens is 1. The number of pyridine rings is 1. The van der Waals surface area contributed by atoms with Crippen molar-refractivity contribution in [2.75, 3.05) is 19.9 Å². The second-order valence-electron chi connectivity index (χ2n) is 5.12. The fraction of sp³-hybridized carbons (Fsp3) is 0.600. The molecule has 1 aromatic rings. The average Bonchev–Trinajstić information content (AvgIpc) is 2.91. The van der Waals surface area contributed by atoms with Crippen LogP contribution < -0.4 is 5.32 Å². The van der Waals surface area contributed by atoms with Crippen LogP contribution in [0.4, 0.5) is 0 Å². The molecule has 1 saturated carbocycles. The average molecular weight is 294 g/mol. The molecule has 0 amide bonds. The molecule has 4 nitrogen and oxygen atoms in total. The summed E-state index contributed by atoms with van der Waals surface area (Å²) in [6.45, 7) is 0. The molecule has 1 aromatic heterocycles. The first-order valence-electron chi connectivity index (χ1n) is 7.03. The topological polar surface area (TPSA) is 51.2 Å². The maximum atomic E-state index is 12.1. The van der Waals surface area contributed by atoms with Gasteiger partial charge in [0.25, 0.3) is 0 Å². The van der Waals surface area contributed by atoms with E-state index in [0.29, 0.717) is 5.92 Å². The molecule has 0 spiro atoms. The van der Waals surface area contributed by atoms with E-state index in [-0.39, 0.29) is 5.97 Å². The summed E-state index contributed by atoms with van der Waals surface area (Å²) in [5, 5.41) is 3.23. The van der Waals surface area contributed by atoms with Gasteiger partial charge in [0.15, 0.2) is 0 Å². The molecule has 20 heavy (non-hydrogen) atoms. The lowest BCUT2D eigenvalue weighted by Gasteiger charge is -2.32. The lowest BCUT2D eigenvalue weighted by atomic mass is 9.85. The zero-order valence-electron chi connectivity index (χ0n) is 12.1. The number of carbonyl (C=O) groups excluding carboxylic acids is 1. The third kappa shape index (κ3) is 3.15. The number of ether oxygens (including phenoxy) is 1. The summed E-state index contributed by atoms with van der Waals surface area (Å²) in [5.74, 6) is 1.25. The Morgan fingerprint density at radius 3 is 2.95 bits per heavy atom. The third-order valence-electron chi connectivity index (χ3n) is 4.20. The predicted molar refractivity (Wildman–Crippen MR) is 80.7 cm³/mol. The van der Waals surface area contributed by atoms with Gasteiger partial charge in [-0.2, -0.15) is 0 Å². The van der Waals surface area contributed by atoms with E-state index in [0.717, 1.165) is 31.4 Å². The molecule has 0 bridgehead atoms. The van der Waals surface area contributed by atoms with Crippen LogP contribution in [0, 0.1) is 5.92 Å². The van der Waals surface area contributed by atoms with Crippen molar-refractivity contribution in [1.29, 1.82) is 0 Å². The minimum absolute atomic E-state index is 0.114. The highest BCUT2D eigenvalue weighted by molar-refractivity contribution is 7.99. The molecule has 2 unspecified atom stereocenters. The largest absolute Gasteiger partial charge is 0.468 e. The molecule has 110 valence electrons. The fourth-order valence-electron chi connectivity index (χ4n) is 3.10. The summed E-state index contributed by atoms with van der Waals surface area (Å²) in [5.41, 5.74) is -0.479. The van der Waals surface area contributed by atoms with Crippen LogP contribution >= 0.6 is 11.8 Å². The highest BCUT2D eigenvalue weighted by Crippen LogP contribution is 2.39. The number of methoxy groups -OCH3 is 1. The Hall–Kier alpha value is -1.07. The molecule has 1 N–H and O–H groups in total. The maximum absolute atomic E-state index is 12.1. The van der Waals surface area contributed by atoms with E-state index in [1.54, 1.807) is 0 Å². The van der Waals surface area contributed by atoms with Gasteiger partial charge in [-0.25, -0.2) is 0 Å². The monoisotopic (exact) mass is 294 g/mol. The lowest BCUT2D eigenvalue weighted by molar-refractivity contribution is -0.150. The van der Waals surface area contributed by atoms with Crippen molar-refractivity contribution in [3.63, 3.8) is 0 Å². The normalized spacial score (nSPS) is 25.6. The van der Waals surface area contributed by atoms with Crippen LogP contribution in [-0.2, 0) is 9.53 Å². The molecule has 2 atom stereocenters. The van der Waals surface area contributed by atoms with Crippen LogP contribution in [0.5, 0.6) is 0 Å². The number of carbonyl (C=O) groups is 1. The van der Waals surface area contributed by atoms with Gasteiger partial charge in [0, 0.05) is 17.3 Å². The predicted octanol–water partition coefficient (Wildman–Crippen LogP) is 2.50. The van der Waals surface area contributed by atoms with E-state index in [1.807, 2.05) is 43.3 Å². The van der Waals surface area contributed by atoms with Crippen LogP contribution in [0.3, 0.4) is 0 Å². The molecular weight excluding hydrogens is 272 g/mol. The maximum Gasteiger partial charge on any atom is 0.326 e. The summed E-state index contributed by atoms with van der Waals surface area (Å²) in [6, 6.07) is 4.04. The molecule has 0 aromatic carbocycles. The van der Waals surface area contributed by atoms with Crippen LogP contribution in [-0.4, -0.2) is 36.4 Å². The first-order chi connectivity index (χ1) is 9.73. The van der Waals surface area contributed by atoms with Gasteiger partial charge in [0.1, 0.15) is 5.54 Å². The van der Waals surface area contributed by atoms with E-state index >= 15 is 0 Å². The van der Waals surface area contributed by atoms with Gasteiger partial charge in [-0.3, -0.25) is 9.78 Å². The van der Waals surface area contributed by atoms with Crippen molar-refractivity contribution >= 4 is 17.7 Å². The fourth-order valence-corrected chi connectivity index (χ4v) is 4.06. The quantitative estimate of drug-likeness (QED) is 0.645. The molecular formula is C15H22N2O2S. The Labute approximate surface area is 124 Å². The Morgan fingerprint density at radius 1 is 1.55 bits per heavy atom. The summed E-state index contributed by atoms with van der Waals surface area (Å²) in [7, 11) is 3.34. The molecule has 1 aliphatic rings. The number of likely N-dealkylation sites (N-methyl/N-ethyl adjacent to an activating group) is 1. The lowest BCUT2D eigenvalue weighted by Crippen LogP contribution is -2.53. The molecule has 1 fully saturated rings. The Balaban J connectivity index is 1.92. The van der Waals surface area contributed by atoms with Gasteiger partial charge >= 0.3 is 5.97 Å². The number of rotatable bonds is 6. The first kappa shape index (κ1) is 15.3. The van der Waals surface area contributed by atoms with E-state index in [9.17, 15) is 4.79 Å². The van der Waals surface area contributed by atoms with E-state index in [2.05, 4.69) is 10.3 Å². The first-order valence-corrected chi connectivity index (χ1v) is 8.01. The number of esters is 1. The smallest absolute Gasteiger partial charge is 0.326 e.